The van der Waals surface area contributed by atoms with Crippen LogP contribution in [-0.4, -0.2) is 82.3 Å². The second-order valence-corrected chi connectivity index (χ2v) is 20.9. The maximum absolute atomic E-state index is 12.9. The lowest BCUT2D eigenvalue weighted by Gasteiger charge is -2.26. The van der Waals surface area contributed by atoms with Gasteiger partial charge in [0.1, 0.15) is 13.2 Å². The standard InChI is InChI=1S/C60H111NO8/c1-6-8-10-12-14-16-18-20-22-24-25-26-27-28-29-30-31-32-33-35-37-39-41-43-45-47-49-51-58(63)69-56(55-68-60(59(64)65)66-53-52-61(3,4)5)54-67-57(62)50-48-46-44-42-40-38-36-34-23-21-19-17-15-13-11-9-7-2/h18,20,24-25,27-28,56,60H,6-17,19,21-23,26,29-55H2,1-5H3/b20-18-,25-24-,28-27-. The molecule has 0 amide bonds. The summed E-state index contributed by atoms with van der Waals surface area (Å²) in [6.07, 6.45) is 59.0. The first kappa shape index (κ1) is 66.5. The zero-order valence-electron chi connectivity index (χ0n) is 45.9. The van der Waals surface area contributed by atoms with E-state index in [2.05, 4.69) is 50.3 Å². The van der Waals surface area contributed by atoms with Gasteiger partial charge in [0, 0.05) is 12.8 Å². The SMILES string of the molecule is CCCCCCC/C=C\C/C=C\C/C=C\CCCCCCCCCCCCCCC(=O)OC(COC(=O)CCCCCCCCCCCCCCCCCCC)COC(OCC[N+](C)(C)C)C(=O)[O-]. The van der Waals surface area contributed by atoms with Crippen molar-refractivity contribution in [2.45, 2.75) is 283 Å². The molecule has 0 aliphatic rings. The summed E-state index contributed by atoms with van der Waals surface area (Å²) < 4.78 is 22.7. The first-order valence-electron chi connectivity index (χ1n) is 29.1. The topological polar surface area (TPSA) is 111 Å². The molecule has 0 saturated carbocycles. The van der Waals surface area contributed by atoms with Gasteiger partial charge in [0.2, 0.25) is 0 Å². The number of nitrogens with zero attached hydrogens (tertiary/aromatic N) is 1. The molecule has 69 heavy (non-hydrogen) atoms. The highest BCUT2D eigenvalue weighted by atomic mass is 16.7. The summed E-state index contributed by atoms with van der Waals surface area (Å²) in [6.45, 7) is 4.77. The van der Waals surface area contributed by atoms with E-state index >= 15 is 0 Å². The molecule has 0 aromatic heterocycles. The lowest BCUT2D eigenvalue weighted by molar-refractivity contribution is -0.870. The van der Waals surface area contributed by atoms with E-state index in [4.69, 9.17) is 18.9 Å². The Hall–Kier alpha value is -2.49. The fourth-order valence-corrected chi connectivity index (χ4v) is 8.37. The number of aliphatic carboxylic acids is 1. The number of carboxylic acids is 1. The molecule has 0 saturated heterocycles. The van der Waals surface area contributed by atoms with Gasteiger partial charge in [-0.1, -0.05) is 243 Å². The van der Waals surface area contributed by atoms with Crippen LogP contribution in [0.1, 0.15) is 271 Å². The number of allylic oxidation sites excluding steroid dienone is 6. The number of esters is 2. The van der Waals surface area contributed by atoms with Crippen molar-refractivity contribution in [1.29, 1.82) is 0 Å². The van der Waals surface area contributed by atoms with Crippen LogP contribution in [0.2, 0.25) is 0 Å². The molecule has 0 heterocycles. The average molecular weight is 975 g/mol. The number of rotatable bonds is 54. The second-order valence-electron chi connectivity index (χ2n) is 20.9. The van der Waals surface area contributed by atoms with Crippen molar-refractivity contribution < 1.29 is 42.9 Å². The van der Waals surface area contributed by atoms with Gasteiger partial charge in [-0.15, -0.1) is 0 Å². The number of hydrogen-bond acceptors (Lipinski definition) is 8. The molecule has 0 aromatic carbocycles. The number of carbonyl (C=O) groups excluding carboxylic acids is 3. The monoisotopic (exact) mass is 974 g/mol. The molecule has 0 aliphatic heterocycles. The molecular formula is C60H111NO8. The van der Waals surface area contributed by atoms with Crippen molar-refractivity contribution in [2.75, 3.05) is 47.5 Å². The van der Waals surface area contributed by atoms with Crippen molar-refractivity contribution in [3.63, 3.8) is 0 Å². The van der Waals surface area contributed by atoms with E-state index in [0.717, 1.165) is 51.4 Å². The van der Waals surface area contributed by atoms with Crippen molar-refractivity contribution >= 4 is 17.9 Å². The molecule has 404 valence electrons. The third kappa shape index (κ3) is 53.1. The molecule has 0 N–H and O–H groups in total. The molecule has 9 heteroatoms. The normalized spacial score (nSPS) is 13.0. The summed E-state index contributed by atoms with van der Waals surface area (Å²) >= 11 is 0. The number of carbonyl (C=O) groups is 3. The Labute approximate surface area is 426 Å². The fourth-order valence-electron chi connectivity index (χ4n) is 8.37. The molecule has 0 spiro atoms. The zero-order valence-corrected chi connectivity index (χ0v) is 45.9. The number of carboxylic acid groups (broad SMARTS) is 1. The number of hydrogen-bond donors (Lipinski definition) is 0. The van der Waals surface area contributed by atoms with Crippen molar-refractivity contribution in [3.8, 4) is 0 Å². The third-order valence-corrected chi connectivity index (χ3v) is 12.9. The van der Waals surface area contributed by atoms with Crippen molar-refractivity contribution in [3.05, 3.63) is 36.5 Å². The molecule has 2 atom stereocenters. The molecule has 0 rings (SSSR count). The van der Waals surface area contributed by atoms with Crippen LogP contribution >= 0.6 is 0 Å². The summed E-state index contributed by atoms with van der Waals surface area (Å²) in [7, 11) is 5.93. The highest BCUT2D eigenvalue weighted by molar-refractivity contribution is 5.70. The number of unbranched alkanes of at least 4 members (excludes halogenated alkanes) is 33. The average Bonchev–Trinajstić information content (AvgIpc) is 3.31. The van der Waals surface area contributed by atoms with E-state index in [1.54, 1.807) is 0 Å². The van der Waals surface area contributed by atoms with E-state index in [-0.39, 0.29) is 32.2 Å². The Bertz CT molecular complexity index is 1230. The summed E-state index contributed by atoms with van der Waals surface area (Å²) in [4.78, 5) is 37.3. The third-order valence-electron chi connectivity index (χ3n) is 12.9. The van der Waals surface area contributed by atoms with Crippen LogP contribution < -0.4 is 5.11 Å². The van der Waals surface area contributed by atoms with Crippen LogP contribution in [0.4, 0.5) is 0 Å². The molecular weight excluding hydrogens is 863 g/mol. The van der Waals surface area contributed by atoms with Gasteiger partial charge in [-0.3, -0.25) is 9.59 Å². The lowest BCUT2D eigenvalue weighted by Crippen LogP contribution is -2.44. The van der Waals surface area contributed by atoms with Gasteiger partial charge >= 0.3 is 11.9 Å². The van der Waals surface area contributed by atoms with Crippen LogP contribution in [0.25, 0.3) is 0 Å². The van der Waals surface area contributed by atoms with E-state index in [0.29, 0.717) is 23.9 Å². The van der Waals surface area contributed by atoms with Gasteiger partial charge in [-0.25, -0.2) is 0 Å². The van der Waals surface area contributed by atoms with Crippen LogP contribution in [0.15, 0.2) is 36.5 Å². The lowest BCUT2D eigenvalue weighted by atomic mass is 10.0. The van der Waals surface area contributed by atoms with Crippen molar-refractivity contribution in [2.24, 2.45) is 0 Å². The first-order chi connectivity index (χ1) is 33.6. The highest BCUT2D eigenvalue weighted by Crippen LogP contribution is 2.17. The molecule has 0 bridgehead atoms. The molecule has 2 unspecified atom stereocenters. The van der Waals surface area contributed by atoms with E-state index in [9.17, 15) is 19.5 Å². The minimum atomic E-state index is -1.62. The minimum Gasteiger partial charge on any atom is -0.545 e. The molecule has 0 fully saturated rings. The summed E-state index contributed by atoms with van der Waals surface area (Å²) in [5.41, 5.74) is 0. The van der Waals surface area contributed by atoms with Gasteiger partial charge in [0.05, 0.1) is 40.3 Å². The predicted octanol–water partition coefficient (Wildman–Crippen LogP) is 15.6. The Morgan fingerprint density at radius 3 is 1.16 bits per heavy atom. The van der Waals surface area contributed by atoms with E-state index in [1.807, 2.05) is 21.1 Å². The Morgan fingerprint density at radius 2 is 0.783 bits per heavy atom. The summed E-state index contributed by atoms with van der Waals surface area (Å²) in [5, 5.41) is 11.8. The molecule has 0 aromatic rings. The second kappa shape index (κ2) is 51.9. The van der Waals surface area contributed by atoms with Crippen LogP contribution in [0.3, 0.4) is 0 Å². The maximum Gasteiger partial charge on any atom is 0.306 e. The highest BCUT2D eigenvalue weighted by Gasteiger charge is 2.22. The number of likely N-dealkylation sites (N-methyl/N-ethyl adjacent to an activating group) is 1. The van der Waals surface area contributed by atoms with E-state index < -0.39 is 24.3 Å². The predicted molar refractivity (Wildman–Crippen MR) is 288 cm³/mol. The van der Waals surface area contributed by atoms with Gasteiger partial charge in [0.15, 0.2) is 12.4 Å². The Kier molecular flexibility index (Phi) is 50.0. The van der Waals surface area contributed by atoms with Crippen LogP contribution in [0.5, 0.6) is 0 Å². The van der Waals surface area contributed by atoms with Gasteiger partial charge in [0.25, 0.3) is 0 Å². The quantitative estimate of drug-likeness (QED) is 0.0195. The Morgan fingerprint density at radius 1 is 0.435 bits per heavy atom. The minimum absolute atomic E-state index is 0.149. The smallest absolute Gasteiger partial charge is 0.306 e. The van der Waals surface area contributed by atoms with Gasteiger partial charge in [-0.05, 0) is 51.4 Å². The van der Waals surface area contributed by atoms with Crippen LogP contribution in [-0.2, 0) is 33.3 Å². The summed E-state index contributed by atoms with van der Waals surface area (Å²) in [6, 6.07) is 0. The largest absolute Gasteiger partial charge is 0.545 e. The molecule has 0 radical (unpaired) electrons. The van der Waals surface area contributed by atoms with E-state index in [1.165, 1.54) is 186 Å². The first-order valence-corrected chi connectivity index (χ1v) is 29.1. The molecule has 9 nitrogen and oxygen atoms in total. The van der Waals surface area contributed by atoms with Crippen molar-refractivity contribution in [1.82, 2.24) is 0 Å². The van der Waals surface area contributed by atoms with Crippen LogP contribution in [0, 0.1) is 0 Å². The van der Waals surface area contributed by atoms with Gasteiger partial charge < -0.3 is 33.3 Å². The van der Waals surface area contributed by atoms with Gasteiger partial charge in [-0.2, -0.15) is 0 Å². The summed E-state index contributed by atoms with van der Waals surface area (Å²) in [5.74, 6) is -2.27. The maximum atomic E-state index is 12.9. The number of ether oxygens (including phenoxy) is 4. The zero-order chi connectivity index (χ0) is 50.6. The Balaban J connectivity index is 4.21. The number of quaternary nitrogens is 1. The fraction of sp³-hybridized carbons (Fsp3) is 0.850. The molecule has 0 aliphatic carbocycles.